The lowest BCUT2D eigenvalue weighted by molar-refractivity contribution is -0.126. The molecule has 1 aliphatic rings. The SMILES string of the molecule is C=CC(=O)N1CCC(Nc2cc(-c3ccnc(CC)c3)c[nH]c2=O)CC1. The number of carbonyl (C=O) groups is 1. The number of aryl methyl sites for hydroxylation is 1. The first-order valence-corrected chi connectivity index (χ1v) is 8.96. The molecule has 6 heteroatoms. The van der Waals surface area contributed by atoms with Crippen molar-refractivity contribution in [2.45, 2.75) is 32.2 Å². The minimum Gasteiger partial charge on any atom is -0.378 e. The van der Waals surface area contributed by atoms with Gasteiger partial charge in [0.05, 0.1) is 0 Å². The number of aromatic nitrogens is 2. The van der Waals surface area contributed by atoms with Crippen molar-refractivity contribution in [3.05, 3.63) is 59.3 Å². The van der Waals surface area contributed by atoms with Crippen LogP contribution in [0.1, 0.15) is 25.5 Å². The molecule has 3 heterocycles. The molecular weight excluding hydrogens is 328 g/mol. The van der Waals surface area contributed by atoms with Gasteiger partial charge >= 0.3 is 0 Å². The number of likely N-dealkylation sites (tertiary alicyclic amines) is 1. The summed E-state index contributed by atoms with van der Waals surface area (Å²) in [6.07, 6.45) is 7.34. The number of carbonyl (C=O) groups excluding carboxylic acids is 1. The zero-order valence-electron chi connectivity index (χ0n) is 15.0. The Kier molecular flexibility index (Phi) is 5.51. The summed E-state index contributed by atoms with van der Waals surface area (Å²) >= 11 is 0. The van der Waals surface area contributed by atoms with Gasteiger partial charge in [0.1, 0.15) is 5.69 Å². The van der Waals surface area contributed by atoms with Crippen LogP contribution in [-0.2, 0) is 11.2 Å². The molecule has 136 valence electrons. The first-order chi connectivity index (χ1) is 12.6. The fourth-order valence-electron chi connectivity index (χ4n) is 3.20. The van der Waals surface area contributed by atoms with E-state index in [1.165, 1.54) is 6.08 Å². The molecule has 2 aromatic heterocycles. The maximum absolute atomic E-state index is 12.2. The number of nitrogens with one attached hydrogen (secondary N) is 2. The number of piperidine rings is 1. The lowest BCUT2D eigenvalue weighted by atomic mass is 10.0. The molecule has 0 aliphatic carbocycles. The fraction of sp³-hybridized carbons (Fsp3) is 0.350. The molecule has 2 aromatic rings. The molecule has 1 amide bonds. The summed E-state index contributed by atoms with van der Waals surface area (Å²) in [6.45, 7) is 6.94. The van der Waals surface area contributed by atoms with Crippen LogP contribution < -0.4 is 10.9 Å². The standard InChI is InChI=1S/C20H24N4O2/c1-3-16-11-14(5-8-21-16)15-12-18(20(26)22-13-15)23-17-6-9-24(10-7-17)19(25)4-2/h4-5,8,11-13,17,23H,2-3,6-7,9-10H2,1H3,(H,22,26). The van der Waals surface area contributed by atoms with Gasteiger partial charge in [-0.15, -0.1) is 0 Å². The van der Waals surface area contributed by atoms with E-state index in [1.54, 1.807) is 17.3 Å². The molecule has 0 bridgehead atoms. The predicted molar refractivity (Wildman–Crippen MR) is 103 cm³/mol. The third-order valence-corrected chi connectivity index (χ3v) is 4.76. The van der Waals surface area contributed by atoms with Crippen molar-refractivity contribution in [2.75, 3.05) is 18.4 Å². The van der Waals surface area contributed by atoms with Crippen LogP contribution in [0.15, 0.2) is 48.0 Å². The van der Waals surface area contributed by atoms with Gasteiger partial charge in [-0.2, -0.15) is 0 Å². The van der Waals surface area contributed by atoms with Gasteiger partial charge in [0.25, 0.3) is 5.56 Å². The fourth-order valence-corrected chi connectivity index (χ4v) is 3.20. The van der Waals surface area contributed by atoms with Crippen LogP contribution in [0.3, 0.4) is 0 Å². The smallest absolute Gasteiger partial charge is 0.271 e. The van der Waals surface area contributed by atoms with Crippen LogP contribution in [0.5, 0.6) is 0 Å². The summed E-state index contributed by atoms with van der Waals surface area (Å²) in [5.41, 5.74) is 3.42. The van der Waals surface area contributed by atoms with Crippen molar-refractivity contribution >= 4 is 11.6 Å². The van der Waals surface area contributed by atoms with Crippen molar-refractivity contribution < 1.29 is 4.79 Å². The lowest BCUT2D eigenvalue weighted by Gasteiger charge is -2.32. The lowest BCUT2D eigenvalue weighted by Crippen LogP contribution is -2.42. The first kappa shape index (κ1) is 17.9. The summed E-state index contributed by atoms with van der Waals surface area (Å²) < 4.78 is 0. The number of H-pyrrole nitrogens is 1. The number of anilines is 1. The van der Waals surface area contributed by atoms with Crippen molar-refractivity contribution in [3.63, 3.8) is 0 Å². The zero-order valence-corrected chi connectivity index (χ0v) is 15.0. The second kappa shape index (κ2) is 7.99. The molecule has 6 nitrogen and oxygen atoms in total. The van der Waals surface area contributed by atoms with Gasteiger partial charge < -0.3 is 15.2 Å². The van der Waals surface area contributed by atoms with Crippen LogP contribution in [0.4, 0.5) is 5.69 Å². The molecule has 1 saturated heterocycles. The molecule has 2 N–H and O–H groups in total. The van der Waals surface area contributed by atoms with Crippen molar-refractivity contribution in [1.29, 1.82) is 0 Å². The molecule has 26 heavy (non-hydrogen) atoms. The van der Waals surface area contributed by atoms with E-state index >= 15 is 0 Å². The molecule has 1 aliphatic heterocycles. The molecule has 0 spiro atoms. The summed E-state index contributed by atoms with van der Waals surface area (Å²) in [6, 6.07) is 6.03. The van der Waals surface area contributed by atoms with Gasteiger partial charge in [-0.25, -0.2) is 0 Å². The number of aromatic amines is 1. The molecular formula is C20H24N4O2. The van der Waals surface area contributed by atoms with Crippen LogP contribution >= 0.6 is 0 Å². The minimum absolute atomic E-state index is 0.0345. The van der Waals surface area contributed by atoms with Crippen LogP contribution in [0.25, 0.3) is 11.1 Å². The summed E-state index contributed by atoms with van der Waals surface area (Å²) in [5, 5.41) is 3.34. The van der Waals surface area contributed by atoms with Crippen molar-refractivity contribution in [1.82, 2.24) is 14.9 Å². The average Bonchev–Trinajstić information content (AvgIpc) is 2.69. The van der Waals surface area contributed by atoms with Crippen LogP contribution in [-0.4, -0.2) is 39.9 Å². The maximum Gasteiger partial charge on any atom is 0.271 e. The molecule has 1 fully saturated rings. The molecule has 0 radical (unpaired) electrons. The maximum atomic E-state index is 12.2. The van der Waals surface area contributed by atoms with E-state index in [0.717, 1.165) is 36.1 Å². The van der Waals surface area contributed by atoms with Crippen molar-refractivity contribution in [2.24, 2.45) is 0 Å². The van der Waals surface area contributed by atoms with Gasteiger partial charge in [-0.1, -0.05) is 13.5 Å². The Morgan fingerprint density at radius 2 is 2.15 bits per heavy atom. The molecule has 0 saturated carbocycles. The molecule has 3 rings (SSSR count). The highest BCUT2D eigenvalue weighted by Gasteiger charge is 2.21. The molecule has 0 aromatic carbocycles. The van der Waals surface area contributed by atoms with E-state index in [2.05, 4.69) is 28.8 Å². The second-order valence-corrected chi connectivity index (χ2v) is 6.47. The van der Waals surface area contributed by atoms with E-state index in [9.17, 15) is 9.59 Å². The Balaban J connectivity index is 1.74. The largest absolute Gasteiger partial charge is 0.378 e. The summed E-state index contributed by atoms with van der Waals surface area (Å²) in [7, 11) is 0. The number of hydrogen-bond donors (Lipinski definition) is 2. The van der Waals surface area contributed by atoms with Gasteiger partial charge in [-0.3, -0.25) is 14.6 Å². The molecule has 0 atom stereocenters. The number of amides is 1. The van der Waals surface area contributed by atoms with E-state index < -0.39 is 0 Å². The average molecular weight is 352 g/mol. The monoisotopic (exact) mass is 352 g/mol. The van der Waals surface area contributed by atoms with Gasteiger partial charge in [0.15, 0.2) is 0 Å². The Bertz CT molecular complexity index is 851. The van der Waals surface area contributed by atoms with E-state index in [1.807, 2.05) is 18.2 Å². The highest BCUT2D eigenvalue weighted by molar-refractivity contribution is 5.87. The van der Waals surface area contributed by atoms with E-state index in [-0.39, 0.29) is 17.5 Å². The molecule has 0 unspecified atom stereocenters. The Labute approximate surface area is 153 Å². The number of rotatable bonds is 5. The van der Waals surface area contributed by atoms with Gasteiger partial charge in [0.2, 0.25) is 5.91 Å². The van der Waals surface area contributed by atoms with E-state index in [0.29, 0.717) is 18.8 Å². The Morgan fingerprint density at radius 3 is 2.85 bits per heavy atom. The minimum atomic E-state index is -0.136. The van der Waals surface area contributed by atoms with Gasteiger partial charge in [0, 0.05) is 42.8 Å². The third-order valence-electron chi connectivity index (χ3n) is 4.76. The third kappa shape index (κ3) is 4.02. The van der Waals surface area contributed by atoms with Gasteiger partial charge in [-0.05, 0) is 49.1 Å². The predicted octanol–water partition coefficient (Wildman–Crippen LogP) is 2.59. The Morgan fingerprint density at radius 1 is 1.38 bits per heavy atom. The topological polar surface area (TPSA) is 78.1 Å². The quantitative estimate of drug-likeness (QED) is 0.811. The number of hydrogen-bond acceptors (Lipinski definition) is 4. The van der Waals surface area contributed by atoms with Crippen LogP contribution in [0, 0.1) is 0 Å². The number of nitrogens with zero attached hydrogens (tertiary/aromatic N) is 2. The highest BCUT2D eigenvalue weighted by Crippen LogP contribution is 2.22. The van der Waals surface area contributed by atoms with Crippen molar-refractivity contribution in [3.8, 4) is 11.1 Å². The second-order valence-electron chi connectivity index (χ2n) is 6.47. The normalized spacial score (nSPS) is 14.9. The summed E-state index contributed by atoms with van der Waals surface area (Å²) in [5.74, 6) is -0.0345. The van der Waals surface area contributed by atoms with Crippen LogP contribution in [0.2, 0.25) is 0 Å². The summed E-state index contributed by atoms with van der Waals surface area (Å²) in [4.78, 5) is 32.8. The van der Waals surface area contributed by atoms with E-state index in [4.69, 9.17) is 0 Å². The Hall–Kier alpha value is -2.89. The highest BCUT2D eigenvalue weighted by atomic mass is 16.2. The zero-order chi connectivity index (χ0) is 18.5. The first-order valence-electron chi connectivity index (χ1n) is 8.96. The number of pyridine rings is 2.